The molecule has 678 valence electrons. The summed E-state index contributed by atoms with van der Waals surface area (Å²) in [7, 11) is 0. The van der Waals surface area contributed by atoms with Crippen LogP contribution in [-0.2, 0) is 88.8 Å². The molecule has 0 saturated carbocycles. The average Bonchev–Trinajstić information content (AvgIpc) is 0.740. The zero-order chi connectivity index (χ0) is 83.6. The van der Waals surface area contributed by atoms with Gasteiger partial charge in [0.1, 0.15) is 27.2 Å². The van der Waals surface area contributed by atoms with Gasteiger partial charge in [0.25, 0.3) is 0 Å². The fraction of sp³-hybridized carbons (Fsp3) is 0.701. The van der Waals surface area contributed by atoms with E-state index >= 15 is 0 Å². The van der Waals surface area contributed by atoms with Gasteiger partial charge in [0.2, 0.25) is 0 Å². The molecule has 0 bridgehead atoms. The molecular formula is C107H173NO12. The molecule has 0 atom stereocenters. The van der Waals surface area contributed by atoms with Gasteiger partial charge >= 0.3 is 0 Å². The number of nitrogens with zero attached hydrogens (tertiary/aromatic N) is 1. The minimum absolute atomic E-state index is 0.324. The van der Waals surface area contributed by atoms with E-state index in [0.717, 1.165) is 140 Å². The van der Waals surface area contributed by atoms with Gasteiger partial charge in [0.15, 0.2) is 0 Å². The van der Waals surface area contributed by atoms with E-state index in [2.05, 4.69) is 157 Å². The normalized spacial score (nSPS) is 21.2. The van der Waals surface area contributed by atoms with Gasteiger partial charge in [-0.15, -0.1) is 0 Å². The van der Waals surface area contributed by atoms with Crippen LogP contribution >= 0.6 is 0 Å². The third kappa shape index (κ3) is 54.3. The molecule has 0 saturated heterocycles. The Balaban J connectivity index is 0.802. The Morgan fingerprint density at radius 2 is 0.342 bits per heavy atom. The highest BCUT2D eigenvalue weighted by molar-refractivity contribution is 5.49. The number of benzene rings is 5. The van der Waals surface area contributed by atoms with Crippen LogP contribution in [0, 0.1) is 0 Å². The van der Waals surface area contributed by atoms with Crippen LogP contribution in [0.3, 0.4) is 0 Å². The van der Waals surface area contributed by atoms with Crippen molar-refractivity contribution in [2.75, 3.05) is 120 Å². The van der Waals surface area contributed by atoms with E-state index in [1.54, 1.807) is 0 Å². The Kier molecular flexibility index (Phi) is 68.5. The molecule has 13 nitrogen and oxygen atoms in total. The first-order chi connectivity index (χ1) is 59.9. The van der Waals surface area contributed by atoms with Crippen LogP contribution in [0.4, 0.5) is 0 Å². The first-order valence-electron chi connectivity index (χ1n) is 49.5. The number of ether oxygens (including phenoxy) is 12. The quantitative estimate of drug-likeness (QED) is 0.126. The highest BCUT2D eigenvalue weighted by Crippen LogP contribution is 2.42. The van der Waals surface area contributed by atoms with E-state index in [1.165, 1.54) is 299 Å². The summed E-state index contributed by atoms with van der Waals surface area (Å²) in [6, 6.07) is 50.1. The second-order valence-corrected chi connectivity index (χ2v) is 34.1. The summed E-state index contributed by atoms with van der Waals surface area (Å²) in [6.07, 6.45) is 71.3. The van der Waals surface area contributed by atoms with E-state index in [0.29, 0.717) is 80.0 Å². The van der Waals surface area contributed by atoms with Crippen molar-refractivity contribution in [2.24, 2.45) is 0 Å². The first kappa shape index (κ1) is 104. The lowest BCUT2D eigenvalue weighted by atomic mass is 9.75. The molecule has 1 aliphatic rings. The maximum absolute atomic E-state index is 6.53. The molecular weight excluding hydrogens is 1490 g/mol. The van der Waals surface area contributed by atoms with E-state index in [9.17, 15) is 0 Å². The van der Waals surface area contributed by atoms with Gasteiger partial charge in [-0.3, -0.25) is 4.90 Å². The Labute approximate surface area is 733 Å². The van der Waals surface area contributed by atoms with Gasteiger partial charge in [-0.1, -0.05) is 434 Å². The Hall–Kier alpha value is -4.68. The third-order valence-corrected chi connectivity index (χ3v) is 23.9. The van der Waals surface area contributed by atoms with E-state index in [1.807, 2.05) is 0 Å². The van der Waals surface area contributed by atoms with Crippen molar-refractivity contribution in [3.8, 4) is 0 Å². The molecule has 0 N–H and O–H groups in total. The summed E-state index contributed by atoms with van der Waals surface area (Å²) < 4.78 is 71.9. The number of rotatable bonds is 4. The Morgan fingerprint density at radius 1 is 0.167 bits per heavy atom. The maximum atomic E-state index is 6.53. The van der Waals surface area contributed by atoms with Crippen molar-refractivity contribution in [2.45, 2.75) is 366 Å². The van der Waals surface area contributed by atoms with Gasteiger partial charge in [-0.05, 0) is 90.3 Å². The van der Waals surface area contributed by atoms with Crippen LogP contribution < -0.4 is 0 Å². The monoisotopic (exact) mass is 1660 g/mol. The van der Waals surface area contributed by atoms with Gasteiger partial charge in [0.05, 0.1) is 58.4 Å². The lowest BCUT2D eigenvalue weighted by Gasteiger charge is -2.45. The summed E-state index contributed by atoms with van der Waals surface area (Å²) in [5.74, 6) is 0. The fourth-order valence-electron chi connectivity index (χ4n) is 16.7. The largest absolute Gasteiger partial charge is 0.380 e. The predicted molar refractivity (Wildman–Crippen MR) is 499 cm³/mol. The SMILES string of the molecule is C1=C\COCCCCCCCCCCCCCCCOCOCc2ccccc2COCOCCCCCCCCCCCCCCCOCCN(C(c2ccccc2)(c2ccccc2)c2ccccc2)CCOCCCCCCCCCCCCCCCOCOCc2ccccc2COCOCCCCCCCCCCCCCCCOC/1. The molecule has 0 spiro atoms. The fourth-order valence-corrected chi connectivity index (χ4v) is 16.7. The maximum Gasteiger partial charge on any atom is 0.147 e. The van der Waals surface area contributed by atoms with Crippen molar-refractivity contribution >= 4 is 0 Å². The lowest BCUT2D eigenvalue weighted by molar-refractivity contribution is -0.0679. The Bertz CT molecular complexity index is 2760. The lowest BCUT2D eigenvalue weighted by Crippen LogP contribution is -2.50. The summed E-state index contributed by atoms with van der Waals surface area (Å²) in [5, 5.41) is 0. The smallest absolute Gasteiger partial charge is 0.147 e. The minimum Gasteiger partial charge on any atom is -0.380 e. The number of hydrogen-bond donors (Lipinski definition) is 0. The van der Waals surface area contributed by atoms with Gasteiger partial charge in [0, 0.05) is 65.9 Å². The molecule has 0 fully saturated rings. The number of hydrogen-bond acceptors (Lipinski definition) is 13. The van der Waals surface area contributed by atoms with Gasteiger partial charge in [-0.2, -0.15) is 0 Å². The van der Waals surface area contributed by atoms with Crippen molar-refractivity contribution in [1.82, 2.24) is 4.90 Å². The molecule has 6 rings (SSSR count). The van der Waals surface area contributed by atoms with Gasteiger partial charge in [-0.25, -0.2) is 0 Å². The molecule has 0 unspecified atom stereocenters. The highest BCUT2D eigenvalue weighted by Gasteiger charge is 2.42. The Morgan fingerprint density at radius 3 is 0.550 bits per heavy atom. The average molecular weight is 1670 g/mol. The molecule has 5 aromatic rings. The molecule has 13 heteroatoms. The summed E-state index contributed by atoms with van der Waals surface area (Å²) in [4.78, 5) is 2.64. The first-order valence-corrected chi connectivity index (χ1v) is 49.5. The third-order valence-electron chi connectivity index (χ3n) is 23.9. The molecule has 5 aromatic carbocycles. The minimum atomic E-state index is -0.506. The zero-order valence-electron chi connectivity index (χ0n) is 76.1. The molecule has 0 amide bonds. The van der Waals surface area contributed by atoms with Crippen LogP contribution in [0.15, 0.2) is 152 Å². The van der Waals surface area contributed by atoms with Crippen LogP contribution in [0.25, 0.3) is 0 Å². The molecule has 0 aliphatic carbocycles. The predicted octanol–water partition coefficient (Wildman–Crippen LogP) is 28.6. The summed E-state index contributed by atoms with van der Waals surface area (Å²) in [6.45, 7) is 14.1. The second-order valence-electron chi connectivity index (χ2n) is 34.1. The molecule has 0 aromatic heterocycles. The van der Waals surface area contributed by atoms with Crippen LogP contribution in [0.1, 0.15) is 373 Å². The standard InChI is InChI=1S/C107H173NO12/c1-5-13-21-29-37-58-80-109-84-66-67-85-110-81-59-38-30-22-14-6-2-10-18-26-34-42-63-87-114-97-118-93-101-69-55-57-71-103(101)95-120-99-116-89-65-44-36-28-20-12-4-8-16-24-32-40-61-83-112-91-79-108(107(104-72-48-45-49-73-104,105-74-50-46-51-75-105)106-76-52-47-53-77-106)78-90-111-82-60-39-31-23-15-7-3-11-19-27-35-43-64-88-115-98-119-94-102-70-56-54-68-100(102)92-117-96-113-86-62-41-33-25-17-9-1/h45-57,66-77H,1-44,58-65,78-99H2/b67-66-. The van der Waals surface area contributed by atoms with Crippen LogP contribution in [-0.4, -0.2) is 124 Å². The summed E-state index contributed by atoms with van der Waals surface area (Å²) in [5.41, 5.74) is 7.86. The van der Waals surface area contributed by atoms with E-state index in [4.69, 9.17) is 56.8 Å². The van der Waals surface area contributed by atoms with Crippen LogP contribution in [0.5, 0.6) is 0 Å². The number of fused-ring (bicyclic) bond motifs is 2. The van der Waals surface area contributed by atoms with E-state index in [-0.39, 0.29) is 0 Å². The highest BCUT2D eigenvalue weighted by atomic mass is 16.7. The summed E-state index contributed by atoms with van der Waals surface area (Å²) >= 11 is 0. The zero-order valence-corrected chi connectivity index (χ0v) is 76.1. The van der Waals surface area contributed by atoms with Crippen molar-refractivity contribution in [1.29, 1.82) is 0 Å². The van der Waals surface area contributed by atoms with Crippen LogP contribution in [0.2, 0.25) is 0 Å². The second kappa shape index (κ2) is 79.0. The van der Waals surface area contributed by atoms with E-state index < -0.39 is 5.54 Å². The molecule has 0 radical (unpaired) electrons. The molecule has 1 heterocycles. The topological polar surface area (TPSA) is 114 Å². The van der Waals surface area contributed by atoms with Gasteiger partial charge < -0.3 is 56.8 Å². The molecule has 120 heavy (non-hydrogen) atoms. The molecule has 1 aliphatic heterocycles. The van der Waals surface area contributed by atoms with Crippen molar-refractivity contribution in [3.63, 3.8) is 0 Å². The van der Waals surface area contributed by atoms with Crippen molar-refractivity contribution < 1.29 is 56.8 Å². The van der Waals surface area contributed by atoms with Crippen molar-refractivity contribution in [3.05, 3.63) is 191 Å².